The molecule has 2 aliphatic rings. The van der Waals surface area contributed by atoms with Gasteiger partial charge in [0.2, 0.25) is 5.88 Å². The summed E-state index contributed by atoms with van der Waals surface area (Å²) in [5.41, 5.74) is 2.39. The minimum atomic E-state index is -1.53. The fraction of sp³-hybridized carbons (Fsp3) is 0.316. The number of nitrogens with zero attached hydrogens (tertiary/aromatic N) is 4. The van der Waals surface area contributed by atoms with Gasteiger partial charge >= 0.3 is 0 Å². The number of halogens is 2. The summed E-state index contributed by atoms with van der Waals surface area (Å²) in [6.45, 7) is 0.814. The van der Waals surface area contributed by atoms with Crippen molar-refractivity contribution in [2.45, 2.75) is 18.6 Å². The van der Waals surface area contributed by atoms with Crippen LogP contribution in [0.1, 0.15) is 6.42 Å². The standard InChI is InChI=1S/C19H17F2N5O2/c20-12-5-11-6-13(7-12)22-2-4-25-14(8-16(21)19(25)27)10-28-17-1-3-26-18(24-17)15(11)9-23-26/h1,3,5-7,9,14,16,22H,2,4,8,10H2/t14-,16+/m0/s1. The summed E-state index contributed by atoms with van der Waals surface area (Å²) in [4.78, 5) is 18.1. The minimum Gasteiger partial charge on any atom is -0.475 e. The molecule has 4 bridgehead atoms. The topological polar surface area (TPSA) is 71.8 Å². The van der Waals surface area contributed by atoms with Crippen molar-refractivity contribution in [2.24, 2.45) is 0 Å². The summed E-state index contributed by atoms with van der Waals surface area (Å²) in [6, 6.07) is 5.86. The molecule has 0 aliphatic carbocycles. The molecule has 1 saturated heterocycles. The van der Waals surface area contributed by atoms with E-state index in [0.717, 1.165) is 0 Å². The molecule has 4 heterocycles. The molecule has 3 aromatic rings. The first-order valence-electron chi connectivity index (χ1n) is 9.05. The van der Waals surface area contributed by atoms with Crippen molar-refractivity contribution in [1.82, 2.24) is 19.5 Å². The van der Waals surface area contributed by atoms with Crippen LogP contribution in [0, 0.1) is 5.82 Å². The molecule has 28 heavy (non-hydrogen) atoms. The number of fused-ring (bicyclic) bond motifs is 5. The van der Waals surface area contributed by atoms with Crippen LogP contribution in [-0.4, -0.2) is 57.3 Å². The quantitative estimate of drug-likeness (QED) is 0.643. The molecule has 0 spiro atoms. The van der Waals surface area contributed by atoms with Gasteiger partial charge in [-0.15, -0.1) is 0 Å². The maximum Gasteiger partial charge on any atom is 0.257 e. The van der Waals surface area contributed by atoms with Crippen molar-refractivity contribution >= 4 is 17.2 Å². The number of carbonyl (C=O) groups is 1. The maximum atomic E-state index is 14.2. The number of hydrogen-bond donors (Lipinski definition) is 1. The predicted octanol–water partition coefficient (Wildman–Crippen LogP) is 2.28. The summed E-state index contributed by atoms with van der Waals surface area (Å²) >= 11 is 0. The van der Waals surface area contributed by atoms with E-state index in [1.54, 1.807) is 29.0 Å². The second-order valence-electron chi connectivity index (χ2n) is 6.95. The number of aromatic nitrogens is 3. The highest BCUT2D eigenvalue weighted by atomic mass is 19.1. The Morgan fingerprint density at radius 1 is 1.29 bits per heavy atom. The number of rotatable bonds is 0. The van der Waals surface area contributed by atoms with Crippen LogP contribution in [-0.2, 0) is 4.79 Å². The SMILES string of the molecule is O=C1[C@H](F)C[C@H]2COc3ccn4ncc(c4n3)-c3cc(F)cc(c3)NCCN12. The van der Waals surface area contributed by atoms with Gasteiger partial charge in [-0.05, 0) is 23.8 Å². The Morgan fingerprint density at radius 3 is 3.07 bits per heavy atom. The van der Waals surface area contributed by atoms with E-state index in [0.29, 0.717) is 41.4 Å². The summed E-state index contributed by atoms with van der Waals surface area (Å²) in [6.07, 6.45) is 1.88. The van der Waals surface area contributed by atoms with Gasteiger partial charge in [-0.1, -0.05) is 0 Å². The fourth-order valence-electron chi connectivity index (χ4n) is 3.76. The van der Waals surface area contributed by atoms with Gasteiger partial charge in [0.15, 0.2) is 11.8 Å². The van der Waals surface area contributed by atoms with E-state index in [1.165, 1.54) is 17.0 Å². The lowest BCUT2D eigenvalue weighted by atomic mass is 10.1. The molecule has 144 valence electrons. The monoisotopic (exact) mass is 385 g/mol. The van der Waals surface area contributed by atoms with Gasteiger partial charge < -0.3 is 15.0 Å². The van der Waals surface area contributed by atoms with E-state index < -0.39 is 17.9 Å². The van der Waals surface area contributed by atoms with Crippen LogP contribution in [0.5, 0.6) is 5.88 Å². The number of alkyl halides is 1. The first-order valence-corrected chi connectivity index (χ1v) is 9.05. The highest BCUT2D eigenvalue weighted by Crippen LogP contribution is 2.29. The van der Waals surface area contributed by atoms with Gasteiger partial charge in [-0.2, -0.15) is 10.1 Å². The van der Waals surface area contributed by atoms with E-state index in [1.807, 2.05) is 0 Å². The Morgan fingerprint density at radius 2 is 2.18 bits per heavy atom. The Labute approximate surface area is 158 Å². The molecule has 1 N–H and O–H groups in total. The van der Waals surface area contributed by atoms with Crippen molar-refractivity contribution in [3.8, 4) is 17.0 Å². The number of benzene rings is 1. The zero-order chi connectivity index (χ0) is 19.3. The van der Waals surface area contributed by atoms with Gasteiger partial charge in [-0.3, -0.25) is 4.79 Å². The summed E-state index contributed by atoms with van der Waals surface area (Å²) in [7, 11) is 0. The summed E-state index contributed by atoms with van der Waals surface area (Å²) < 4.78 is 35.5. The lowest BCUT2D eigenvalue weighted by Gasteiger charge is -2.25. The molecule has 7 nitrogen and oxygen atoms in total. The highest BCUT2D eigenvalue weighted by Gasteiger charge is 2.39. The van der Waals surface area contributed by atoms with Gasteiger partial charge in [0, 0.05) is 43.0 Å². The zero-order valence-corrected chi connectivity index (χ0v) is 14.8. The van der Waals surface area contributed by atoms with Gasteiger partial charge in [-0.25, -0.2) is 13.3 Å². The predicted molar refractivity (Wildman–Crippen MR) is 97.4 cm³/mol. The molecule has 1 amide bonds. The number of anilines is 1. The number of nitrogens with one attached hydrogen (secondary N) is 1. The average Bonchev–Trinajstić information content (AvgIpc) is 3.21. The molecule has 1 fully saturated rings. The molecular weight excluding hydrogens is 368 g/mol. The van der Waals surface area contributed by atoms with Gasteiger partial charge in [0.05, 0.1) is 12.2 Å². The molecule has 2 aromatic heterocycles. The second-order valence-corrected chi connectivity index (χ2v) is 6.95. The Balaban J connectivity index is 1.60. The van der Waals surface area contributed by atoms with Crippen LogP contribution in [0.3, 0.4) is 0 Å². The lowest BCUT2D eigenvalue weighted by molar-refractivity contribution is -0.132. The third kappa shape index (κ3) is 2.83. The normalized spacial score (nSPS) is 21.9. The number of ether oxygens (including phenoxy) is 1. The third-order valence-electron chi connectivity index (χ3n) is 5.13. The van der Waals surface area contributed by atoms with Crippen molar-refractivity contribution in [2.75, 3.05) is 25.0 Å². The molecular formula is C19H17F2N5O2. The van der Waals surface area contributed by atoms with Crippen LogP contribution >= 0.6 is 0 Å². The van der Waals surface area contributed by atoms with Crippen LogP contribution in [0.2, 0.25) is 0 Å². The first kappa shape index (κ1) is 16.9. The van der Waals surface area contributed by atoms with E-state index in [2.05, 4.69) is 15.4 Å². The van der Waals surface area contributed by atoms with E-state index in [4.69, 9.17) is 4.74 Å². The minimum absolute atomic E-state index is 0.0864. The van der Waals surface area contributed by atoms with Crippen molar-refractivity contribution < 1.29 is 18.3 Å². The summed E-state index contributed by atoms with van der Waals surface area (Å²) in [5, 5.41) is 7.37. The summed E-state index contributed by atoms with van der Waals surface area (Å²) in [5.74, 6) is -0.600. The number of carbonyl (C=O) groups excluding carboxylic acids is 1. The van der Waals surface area contributed by atoms with Crippen molar-refractivity contribution in [1.29, 1.82) is 0 Å². The Hall–Kier alpha value is -3.23. The van der Waals surface area contributed by atoms with Gasteiger partial charge in [0.1, 0.15) is 12.4 Å². The molecule has 2 aliphatic heterocycles. The first-order chi connectivity index (χ1) is 13.6. The van der Waals surface area contributed by atoms with Crippen LogP contribution in [0.15, 0.2) is 36.7 Å². The molecule has 0 saturated carbocycles. The largest absolute Gasteiger partial charge is 0.475 e. The van der Waals surface area contributed by atoms with E-state index in [9.17, 15) is 13.6 Å². The smallest absolute Gasteiger partial charge is 0.257 e. The zero-order valence-electron chi connectivity index (χ0n) is 14.8. The number of amides is 1. The molecule has 2 atom stereocenters. The maximum absolute atomic E-state index is 14.2. The van der Waals surface area contributed by atoms with Crippen molar-refractivity contribution in [3.63, 3.8) is 0 Å². The highest BCUT2D eigenvalue weighted by molar-refractivity contribution is 5.83. The Kier molecular flexibility index (Phi) is 3.88. The van der Waals surface area contributed by atoms with E-state index >= 15 is 0 Å². The second kappa shape index (κ2) is 6.43. The number of hydrogen-bond acceptors (Lipinski definition) is 5. The Bertz CT molecular complexity index is 1070. The van der Waals surface area contributed by atoms with Crippen LogP contribution < -0.4 is 10.1 Å². The molecule has 0 unspecified atom stereocenters. The average molecular weight is 385 g/mol. The molecule has 5 rings (SSSR count). The lowest BCUT2D eigenvalue weighted by Crippen LogP contribution is -2.40. The van der Waals surface area contributed by atoms with Crippen LogP contribution in [0.4, 0.5) is 14.5 Å². The van der Waals surface area contributed by atoms with E-state index in [-0.39, 0.29) is 19.1 Å². The molecule has 1 aromatic carbocycles. The molecule has 9 heteroatoms. The third-order valence-corrected chi connectivity index (χ3v) is 5.13. The fourth-order valence-corrected chi connectivity index (χ4v) is 3.76. The molecule has 0 radical (unpaired) electrons. The van der Waals surface area contributed by atoms with Crippen molar-refractivity contribution in [3.05, 3.63) is 42.5 Å². The van der Waals surface area contributed by atoms with Gasteiger partial charge in [0.25, 0.3) is 5.91 Å². The van der Waals surface area contributed by atoms with Crippen LogP contribution in [0.25, 0.3) is 16.8 Å².